The summed E-state index contributed by atoms with van der Waals surface area (Å²) in [6.45, 7) is 11.8. The predicted molar refractivity (Wildman–Crippen MR) is 120 cm³/mol. The summed E-state index contributed by atoms with van der Waals surface area (Å²) in [5, 5.41) is 10.8. The molecular weight excluding hydrogens is 364 g/mol. The number of aliphatic imine (C=N–C) groups is 1. The number of benzene rings is 1. The fraction of sp³-hybridized carbons (Fsp3) is 0.696. The van der Waals surface area contributed by atoms with Gasteiger partial charge in [0.05, 0.1) is 19.3 Å². The zero-order chi connectivity index (χ0) is 21.1. The largest absolute Gasteiger partial charge is 0.379 e. The minimum absolute atomic E-state index is 0.00615. The van der Waals surface area contributed by atoms with Gasteiger partial charge in [0, 0.05) is 37.8 Å². The molecule has 0 aromatic heterocycles. The molecule has 1 heterocycles. The summed E-state index contributed by atoms with van der Waals surface area (Å²) in [6.07, 6.45) is 3.28. The van der Waals surface area contributed by atoms with E-state index in [1.54, 1.807) is 0 Å². The van der Waals surface area contributed by atoms with Gasteiger partial charge in [-0.15, -0.1) is 0 Å². The van der Waals surface area contributed by atoms with Crippen molar-refractivity contribution in [2.24, 2.45) is 4.99 Å². The number of guanidine groups is 1. The van der Waals surface area contributed by atoms with Crippen molar-refractivity contribution in [2.45, 2.75) is 70.7 Å². The van der Waals surface area contributed by atoms with Gasteiger partial charge in [0.15, 0.2) is 5.96 Å². The molecule has 0 saturated carbocycles. The Bertz CT molecular complexity index is 598. The summed E-state index contributed by atoms with van der Waals surface area (Å²) < 4.78 is 11.3. The number of nitrogens with zero attached hydrogens (tertiary/aromatic N) is 1. The Kier molecular flexibility index (Phi) is 9.91. The normalized spacial score (nSPS) is 19.8. The molecule has 0 bridgehead atoms. The van der Waals surface area contributed by atoms with Crippen LogP contribution in [0.4, 0.5) is 0 Å². The van der Waals surface area contributed by atoms with Gasteiger partial charge in [-0.25, -0.2) is 0 Å². The van der Waals surface area contributed by atoms with Crippen molar-refractivity contribution in [1.82, 2.24) is 16.0 Å². The molecule has 2 rings (SSSR count). The Hall–Kier alpha value is -1.63. The number of ether oxygens (including phenoxy) is 2. The van der Waals surface area contributed by atoms with Gasteiger partial charge in [-0.3, -0.25) is 4.99 Å². The SMILES string of the molecule is CCC(CC)(CNC(=NC)NC(C)COC1CCOC1)NC(C)c1ccccc1. The van der Waals surface area contributed by atoms with Gasteiger partial charge in [0.1, 0.15) is 0 Å². The molecule has 6 heteroatoms. The number of rotatable bonds is 11. The topological polar surface area (TPSA) is 66.9 Å². The molecule has 3 N–H and O–H groups in total. The molecule has 1 aliphatic heterocycles. The van der Waals surface area contributed by atoms with Gasteiger partial charge < -0.3 is 25.4 Å². The average molecular weight is 405 g/mol. The van der Waals surface area contributed by atoms with Crippen LogP contribution in [0.5, 0.6) is 0 Å². The summed E-state index contributed by atoms with van der Waals surface area (Å²) >= 11 is 0. The van der Waals surface area contributed by atoms with E-state index in [9.17, 15) is 0 Å². The highest BCUT2D eigenvalue weighted by molar-refractivity contribution is 5.80. The van der Waals surface area contributed by atoms with E-state index in [0.717, 1.165) is 38.4 Å². The van der Waals surface area contributed by atoms with Gasteiger partial charge in [0.2, 0.25) is 0 Å². The lowest BCUT2D eigenvalue weighted by Crippen LogP contribution is -2.56. The minimum atomic E-state index is -0.00615. The van der Waals surface area contributed by atoms with Gasteiger partial charge in [-0.2, -0.15) is 0 Å². The number of nitrogens with one attached hydrogen (secondary N) is 3. The lowest BCUT2D eigenvalue weighted by molar-refractivity contribution is 0.0347. The first kappa shape index (κ1) is 23.6. The van der Waals surface area contributed by atoms with Crippen molar-refractivity contribution in [1.29, 1.82) is 0 Å². The minimum Gasteiger partial charge on any atom is -0.379 e. The molecule has 1 aliphatic rings. The molecule has 1 saturated heterocycles. The van der Waals surface area contributed by atoms with Crippen LogP contribution < -0.4 is 16.0 Å². The first-order chi connectivity index (χ1) is 14.0. The van der Waals surface area contributed by atoms with Gasteiger partial charge in [0.25, 0.3) is 0 Å². The van der Waals surface area contributed by atoms with Crippen LogP contribution in [-0.2, 0) is 9.47 Å². The molecule has 0 radical (unpaired) electrons. The van der Waals surface area contributed by atoms with Crippen LogP contribution in [0.25, 0.3) is 0 Å². The molecule has 164 valence electrons. The Balaban J connectivity index is 1.86. The molecule has 3 unspecified atom stereocenters. The van der Waals surface area contributed by atoms with Crippen LogP contribution in [-0.4, -0.2) is 57.1 Å². The Morgan fingerprint density at radius 1 is 1.24 bits per heavy atom. The average Bonchev–Trinajstić information content (AvgIpc) is 3.28. The van der Waals surface area contributed by atoms with Crippen molar-refractivity contribution < 1.29 is 9.47 Å². The van der Waals surface area contributed by atoms with Crippen molar-refractivity contribution in [2.75, 3.05) is 33.4 Å². The molecule has 1 aromatic rings. The number of hydrogen-bond acceptors (Lipinski definition) is 4. The molecule has 0 aliphatic carbocycles. The summed E-state index contributed by atoms with van der Waals surface area (Å²) in [4.78, 5) is 4.40. The van der Waals surface area contributed by atoms with Crippen molar-refractivity contribution >= 4 is 5.96 Å². The molecule has 1 aromatic carbocycles. The molecule has 29 heavy (non-hydrogen) atoms. The summed E-state index contributed by atoms with van der Waals surface area (Å²) in [6, 6.07) is 11.1. The van der Waals surface area contributed by atoms with E-state index in [1.807, 2.05) is 7.05 Å². The third-order valence-electron chi connectivity index (χ3n) is 5.85. The van der Waals surface area contributed by atoms with Gasteiger partial charge >= 0.3 is 0 Å². The van der Waals surface area contributed by atoms with E-state index in [4.69, 9.17) is 9.47 Å². The lowest BCUT2D eigenvalue weighted by atomic mass is 9.90. The molecule has 0 spiro atoms. The summed E-state index contributed by atoms with van der Waals surface area (Å²) in [5.74, 6) is 0.809. The first-order valence-electron chi connectivity index (χ1n) is 11.0. The molecule has 1 fully saturated rings. The van der Waals surface area contributed by atoms with Crippen LogP contribution in [0.3, 0.4) is 0 Å². The molecule has 3 atom stereocenters. The van der Waals surface area contributed by atoms with Crippen LogP contribution in [0, 0.1) is 0 Å². The molecule has 6 nitrogen and oxygen atoms in total. The lowest BCUT2D eigenvalue weighted by Gasteiger charge is -2.37. The fourth-order valence-electron chi connectivity index (χ4n) is 3.69. The number of hydrogen-bond donors (Lipinski definition) is 3. The Morgan fingerprint density at radius 2 is 1.97 bits per heavy atom. The van der Waals surface area contributed by atoms with E-state index < -0.39 is 0 Å². The van der Waals surface area contributed by atoms with Crippen LogP contribution in [0.1, 0.15) is 58.6 Å². The van der Waals surface area contributed by atoms with E-state index in [0.29, 0.717) is 13.2 Å². The van der Waals surface area contributed by atoms with Gasteiger partial charge in [-0.1, -0.05) is 44.2 Å². The second kappa shape index (κ2) is 12.2. The Labute approximate surface area is 176 Å². The zero-order valence-corrected chi connectivity index (χ0v) is 18.8. The smallest absolute Gasteiger partial charge is 0.191 e. The highest BCUT2D eigenvalue weighted by Gasteiger charge is 2.28. The maximum Gasteiger partial charge on any atom is 0.191 e. The summed E-state index contributed by atoms with van der Waals surface area (Å²) in [5.41, 5.74) is 1.30. The van der Waals surface area contributed by atoms with E-state index in [2.05, 4.69) is 79.0 Å². The van der Waals surface area contributed by atoms with Crippen molar-refractivity contribution in [3.05, 3.63) is 35.9 Å². The monoisotopic (exact) mass is 404 g/mol. The zero-order valence-electron chi connectivity index (χ0n) is 18.8. The maximum atomic E-state index is 5.92. The van der Waals surface area contributed by atoms with Crippen LogP contribution in [0.15, 0.2) is 35.3 Å². The Morgan fingerprint density at radius 3 is 2.55 bits per heavy atom. The maximum absolute atomic E-state index is 5.92. The van der Waals surface area contributed by atoms with Crippen molar-refractivity contribution in [3.8, 4) is 0 Å². The van der Waals surface area contributed by atoms with Crippen molar-refractivity contribution in [3.63, 3.8) is 0 Å². The fourth-order valence-corrected chi connectivity index (χ4v) is 3.69. The van der Waals surface area contributed by atoms with E-state index in [1.165, 1.54) is 5.56 Å². The highest BCUT2D eigenvalue weighted by atomic mass is 16.5. The molecule has 0 amide bonds. The first-order valence-corrected chi connectivity index (χ1v) is 11.0. The predicted octanol–water partition coefficient (Wildman–Crippen LogP) is 3.26. The quantitative estimate of drug-likeness (QED) is 0.390. The van der Waals surface area contributed by atoms with E-state index in [-0.39, 0.29) is 23.7 Å². The molecular formula is C23H40N4O2. The third kappa shape index (κ3) is 7.61. The standard InChI is InChI=1S/C23H40N4O2/c1-6-23(7-2,27-19(4)20-11-9-8-10-12-20)17-25-22(24-5)26-18(3)15-29-21-13-14-28-16-21/h8-12,18-19,21,27H,6-7,13-17H2,1-5H3,(H2,24,25,26). The second-order valence-electron chi connectivity index (χ2n) is 8.05. The summed E-state index contributed by atoms with van der Waals surface area (Å²) in [7, 11) is 1.81. The van der Waals surface area contributed by atoms with Crippen LogP contribution in [0.2, 0.25) is 0 Å². The van der Waals surface area contributed by atoms with E-state index >= 15 is 0 Å². The highest BCUT2D eigenvalue weighted by Crippen LogP contribution is 2.21. The second-order valence-corrected chi connectivity index (χ2v) is 8.05. The van der Waals surface area contributed by atoms with Gasteiger partial charge in [-0.05, 0) is 38.7 Å². The van der Waals surface area contributed by atoms with Crippen LogP contribution >= 0.6 is 0 Å². The third-order valence-corrected chi connectivity index (χ3v) is 5.85.